The van der Waals surface area contributed by atoms with E-state index < -0.39 is 0 Å². The van der Waals surface area contributed by atoms with E-state index in [2.05, 4.69) is 19.9 Å². The maximum Gasteiger partial charge on any atom is 0.298 e. The van der Waals surface area contributed by atoms with E-state index in [-0.39, 0.29) is 6.79 Å². The highest BCUT2D eigenvalue weighted by molar-refractivity contribution is 5.94. The van der Waals surface area contributed by atoms with Gasteiger partial charge in [-0.15, -0.1) is 0 Å². The number of hydrogen-bond donors (Lipinski definition) is 0. The van der Waals surface area contributed by atoms with E-state index in [9.17, 15) is 4.79 Å². The van der Waals surface area contributed by atoms with Crippen LogP contribution in [0.15, 0.2) is 30.3 Å². The van der Waals surface area contributed by atoms with Crippen LogP contribution in [-0.2, 0) is 9.53 Å². The second-order valence-corrected chi connectivity index (χ2v) is 4.76. The Hall–Kier alpha value is -2.07. The van der Waals surface area contributed by atoms with Gasteiger partial charge in [0.1, 0.15) is 0 Å². The third-order valence-electron chi connectivity index (χ3n) is 3.11. The zero-order chi connectivity index (χ0) is 14.5. The molecule has 0 amide bonds. The van der Waals surface area contributed by atoms with Crippen molar-refractivity contribution in [1.29, 1.82) is 0 Å². The molecule has 0 aliphatic rings. The van der Waals surface area contributed by atoms with Crippen molar-refractivity contribution in [2.45, 2.75) is 19.8 Å². The largest absolute Gasteiger partial charge is 0.463 e. The molecule has 0 saturated carbocycles. The monoisotopic (exact) mass is 274 g/mol. The molecule has 0 aliphatic carbocycles. The predicted octanol–water partition coefficient (Wildman–Crippen LogP) is 3.48. The Morgan fingerprint density at radius 1 is 1.20 bits per heavy atom. The lowest BCUT2D eigenvalue weighted by atomic mass is 9.95. The smallest absolute Gasteiger partial charge is 0.298 e. The minimum atomic E-state index is 0.0980. The lowest BCUT2D eigenvalue weighted by Gasteiger charge is -2.16. The molecule has 0 bridgehead atoms. The molecule has 0 radical (unpaired) electrons. The summed E-state index contributed by atoms with van der Waals surface area (Å²) in [6.45, 7) is 4.73. The summed E-state index contributed by atoms with van der Waals surface area (Å²) in [5.41, 5.74) is 1.14. The van der Waals surface area contributed by atoms with E-state index in [1.165, 1.54) is 0 Å². The number of carbonyl (C=O) groups is 1. The maximum atomic E-state index is 10.6. The second kappa shape index (κ2) is 6.39. The minimum Gasteiger partial charge on any atom is -0.463 e. The van der Waals surface area contributed by atoms with Gasteiger partial charge in [-0.3, -0.25) is 4.79 Å². The number of carbonyl (C=O) groups excluding carboxylic acids is 1. The molecular weight excluding hydrogens is 256 g/mol. The van der Waals surface area contributed by atoms with Crippen LogP contribution < -0.4 is 9.47 Å². The van der Waals surface area contributed by atoms with Crippen LogP contribution in [0.3, 0.4) is 0 Å². The summed E-state index contributed by atoms with van der Waals surface area (Å²) in [5.74, 6) is 1.27. The molecule has 2 aromatic carbocycles. The average molecular weight is 274 g/mol. The number of rotatable bonds is 6. The van der Waals surface area contributed by atoms with Crippen molar-refractivity contribution in [1.82, 2.24) is 0 Å². The third-order valence-corrected chi connectivity index (χ3v) is 3.11. The van der Waals surface area contributed by atoms with Crippen molar-refractivity contribution < 1.29 is 19.0 Å². The Bertz CT molecular complexity index is 605. The first kappa shape index (κ1) is 14.3. The van der Waals surface area contributed by atoms with Gasteiger partial charge in [-0.05, 0) is 22.9 Å². The predicted molar refractivity (Wildman–Crippen MR) is 77.2 cm³/mol. The van der Waals surface area contributed by atoms with Gasteiger partial charge in [-0.25, -0.2) is 0 Å². The van der Waals surface area contributed by atoms with E-state index in [0.717, 1.165) is 16.3 Å². The van der Waals surface area contributed by atoms with Crippen LogP contribution in [0.1, 0.15) is 25.3 Å². The van der Waals surface area contributed by atoms with Crippen LogP contribution >= 0.6 is 0 Å². The zero-order valence-electron chi connectivity index (χ0n) is 11.9. The Balaban J connectivity index is 2.69. The van der Waals surface area contributed by atoms with Crippen molar-refractivity contribution in [3.8, 4) is 11.5 Å². The van der Waals surface area contributed by atoms with E-state index in [1.807, 2.05) is 18.2 Å². The molecule has 0 atom stereocenters. The second-order valence-electron chi connectivity index (χ2n) is 4.76. The van der Waals surface area contributed by atoms with E-state index in [4.69, 9.17) is 14.2 Å². The van der Waals surface area contributed by atoms with E-state index in [0.29, 0.717) is 23.9 Å². The highest BCUT2D eigenvalue weighted by atomic mass is 16.7. The lowest BCUT2D eigenvalue weighted by Crippen LogP contribution is -2.03. The van der Waals surface area contributed by atoms with Crippen molar-refractivity contribution in [3.05, 3.63) is 35.9 Å². The molecule has 0 heterocycles. The van der Waals surface area contributed by atoms with Gasteiger partial charge in [0.05, 0.1) is 0 Å². The lowest BCUT2D eigenvalue weighted by molar-refractivity contribution is -0.120. The molecule has 4 heteroatoms. The number of methoxy groups -OCH3 is 1. The van der Waals surface area contributed by atoms with Gasteiger partial charge in [-0.2, -0.15) is 0 Å². The SMILES string of the molecule is COCOc1c(OC=O)ccc2cccc(C(C)C)c12. The van der Waals surface area contributed by atoms with Gasteiger partial charge in [-0.1, -0.05) is 38.1 Å². The fourth-order valence-electron chi connectivity index (χ4n) is 2.24. The molecule has 20 heavy (non-hydrogen) atoms. The third kappa shape index (κ3) is 2.75. The van der Waals surface area contributed by atoms with Crippen LogP contribution in [0.2, 0.25) is 0 Å². The average Bonchev–Trinajstić information content (AvgIpc) is 2.45. The molecule has 0 spiro atoms. The quantitative estimate of drug-likeness (QED) is 0.597. The Morgan fingerprint density at radius 2 is 2.00 bits per heavy atom. The molecule has 0 saturated heterocycles. The number of ether oxygens (including phenoxy) is 3. The summed E-state index contributed by atoms with van der Waals surface area (Å²) >= 11 is 0. The number of fused-ring (bicyclic) bond motifs is 1. The molecule has 4 nitrogen and oxygen atoms in total. The van der Waals surface area contributed by atoms with Gasteiger partial charge in [0.2, 0.25) is 0 Å². The van der Waals surface area contributed by atoms with Crippen LogP contribution in [0.4, 0.5) is 0 Å². The highest BCUT2D eigenvalue weighted by Gasteiger charge is 2.15. The molecule has 0 aliphatic heterocycles. The van der Waals surface area contributed by atoms with Crippen molar-refractivity contribution in [2.75, 3.05) is 13.9 Å². The van der Waals surface area contributed by atoms with Gasteiger partial charge in [0.15, 0.2) is 18.3 Å². The van der Waals surface area contributed by atoms with Crippen molar-refractivity contribution >= 4 is 17.2 Å². The van der Waals surface area contributed by atoms with Crippen molar-refractivity contribution in [3.63, 3.8) is 0 Å². The molecule has 0 aromatic heterocycles. The van der Waals surface area contributed by atoms with Crippen molar-refractivity contribution in [2.24, 2.45) is 0 Å². The van der Waals surface area contributed by atoms with Gasteiger partial charge in [0, 0.05) is 12.5 Å². The van der Waals surface area contributed by atoms with E-state index in [1.54, 1.807) is 13.2 Å². The minimum absolute atomic E-state index is 0.0980. The summed E-state index contributed by atoms with van der Waals surface area (Å²) in [6.07, 6.45) is 0. The Morgan fingerprint density at radius 3 is 2.65 bits per heavy atom. The zero-order valence-corrected chi connectivity index (χ0v) is 11.9. The van der Waals surface area contributed by atoms with Crippen LogP contribution in [0.25, 0.3) is 10.8 Å². The van der Waals surface area contributed by atoms with Crippen LogP contribution in [0.5, 0.6) is 11.5 Å². The van der Waals surface area contributed by atoms with Crippen LogP contribution in [0, 0.1) is 0 Å². The first-order chi connectivity index (χ1) is 9.69. The maximum absolute atomic E-state index is 10.6. The summed E-state index contributed by atoms with van der Waals surface area (Å²) in [5, 5.41) is 2.00. The Labute approximate surface area is 118 Å². The first-order valence-corrected chi connectivity index (χ1v) is 6.46. The first-order valence-electron chi connectivity index (χ1n) is 6.46. The summed E-state index contributed by atoms with van der Waals surface area (Å²) < 4.78 is 15.6. The molecule has 2 aromatic rings. The number of hydrogen-bond acceptors (Lipinski definition) is 4. The fourth-order valence-corrected chi connectivity index (χ4v) is 2.24. The van der Waals surface area contributed by atoms with Gasteiger partial charge < -0.3 is 14.2 Å². The molecule has 106 valence electrons. The van der Waals surface area contributed by atoms with Crippen LogP contribution in [-0.4, -0.2) is 20.4 Å². The standard InChI is InChI=1S/C16H18O4/c1-11(2)13-6-4-5-12-7-8-14(19-9-17)16(15(12)13)20-10-18-3/h4-9,11H,10H2,1-3H3. The Kier molecular flexibility index (Phi) is 4.58. The van der Waals surface area contributed by atoms with E-state index >= 15 is 0 Å². The summed E-state index contributed by atoms with van der Waals surface area (Å²) in [6, 6.07) is 9.71. The molecule has 0 unspecified atom stereocenters. The van der Waals surface area contributed by atoms with Gasteiger partial charge >= 0.3 is 0 Å². The molecular formula is C16H18O4. The highest BCUT2D eigenvalue weighted by Crippen LogP contribution is 2.39. The molecule has 2 rings (SSSR count). The fraction of sp³-hybridized carbons (Fsp3) is 0.312. The summed E-state index contributed by atoms with van der Waals surface area (Å²) in [4.78, 5) is 10.6. The normalized spacial score (nSPS) is 10.8. The number of benzene rings is 2. The molecule has 0 fully saturated rings. The van der Waals surface area contributed by atoms with Gasteiger partial charge in [0.25, 0.3) is 6.47 Å². The molecule has 0 N–H and O–H groups in total. The topological polar surface area (TPSA) is 44.8 Å². The summed E-state index contributed by atoms with van der Waals surface area (Å²) in [7, 11) is 1.55.